The molecule has 0 saturated heterocycles. The van der Waals surface area contributed by atoms with Crippen LogP contribution in [0.25, 0.3) is 17.0 Å². The quantitative estimate of drug-likeness (QED) is 0.770. The zero-order chi connectivity index (χ0) is 16.7. The monoisotopic (exact) mass is 314 g/mol. The smallest absolute Gasteiger partial charge is 0.244 e. The first kappa shape index (κ1) is 17.0. The molecular weight excluding hydrogens is 292 g/mol. The van der Waals surface area contributed by atoms with E-state index >= 15 is 0 Å². The number of aliphatic hydroxyl groups is 1. The Balaban J connectivity index is 2.27. The number of nitrogens with one attached hydrogen (secondary N) is 1. The number of aliphatic hydroxyl groups excluding tert-OH is 1. The number of nitrogens with zero attached hydrogens (tertiary/aromatic N) is 1. The van der Waals surface area contributed by atoms with E-state index < -0.39 is 0 Å². The van der Waals surface area contributed by atoms with E-state index in [-0.39, 0.29) is 18.6 Å². The van der Waals surface area contributed by atoms with E-state index in [2.05, 4.69) is 10.3 Å². The molecule has 0 saturated carbocycles. The van der Waals surface area contributed by atoms with E-state index in [1.165, 1.54) is 6.08 Å². The van der Waals surface area contributed by atoms with Gasteiger partial charge in [-0.3, -0.25) is 4.79 Å². The molecule has 23 heavy (non-hydrogen) atoms. The summed E-state index contributed by atoms with van der Waals surface area (Å²) >= 11 is 0. The van der Waals surface area contributed by atoms with Crippen LogP contribution < -0.4 is 10.1 Å². The van der Waals surface area contributed by atoms with Crippen molar-refractivity contribution in [1.29, 1.82) is 0 Å². The fourth-order valence-corrected chi connectivity index (χ4v) is 2.05. The number of carbonyl (C=O) groups is 1. The Labute approximate surface area is 136 Å². The van der Waals surface area contributed by atoms with Crippen LogP contribution in [0.5, 0.6) is 5.88 Å². The number of benzene rings is 1. The van der Waals surface area contributed by atoms with Crippen LogP contribution in [0.15, 0.2) is 36.4 Å². The van der Waals surface area contributed by atoms with Crippen LogP contribution in [0.3, 0.4) is 0 Å². The van der Waals surface area contributed by atoms with Gasteiger partial charge >= 0.3 is 0 Å². The molecule has 5 heteroatoms. The van der Waals surface area contributed by atoms with Gasteiger partial charge < -0.3 is 15.2 Å². The van der Waals surface area contributed by atoms with Crippen molar-refractivity contribution in [2.45, 2.75) is 26.3 Å². The van der Waals surface area contributed by atoms with Crippen molar-refractivity contribution in [2.75, 3.05) is 13.2 Å². The number of carbonyl (C=O) groups excluding carboxylic acids is 1. The Hall–Kier alpha value is -2.40. The molecule has 5 nitrogen and oxygen atoms in total. The van der Waals surface area contributed by atoms with Crippen LogP contribution >= 0.6 is 0 Å². The summed E-state index contributed by atoms with van der Waals surface area (Å²) in [6.07, 6.45) is 3.99. The number of rotatable bonds is 7. The molecule has 2 aromatic rings. The molecule has 2 N–H and O–H groups in total. The lowest BCUT2D eigenvalue weighted by atomic mass is 10.1. The summed E-state index contributed by atoms with van der Waals surface area (Å²) in [7, 11) is 0. The lowest BCUT2D eigenvalue weighted by molar-refractivity contribution is -0.117. The highest BCUT2D eigenvalue weighted by atomic mass is 16.5. The maximum atomic E-state index is 11.8. The summed E-state index contributed by atoms with van der Waals surface area (Å²) < 4.78 is 5.69. The molecule has 0 aliphatic carbocycles. The highest BCUT2D eigenvalue weighted by Gasteiger charge is 2.07. The van der Waals surface area contributed by atoms with Gasteiger partial charge in [-0.15, -0.1) is 0 Å². The van der Waals surface area contributed by atoms with E-state index in [0.29, 0.717) is 12.5 Å². The van der Waals surface area contributed by atoms with Crippen molar-refractivity contribution in [3.8, 4) is 5.88 Å². The first-order valence-corrected chi connectivity index (χ1v) is 7.76. The van der Waals surface area contributed by atoms with E-state index in [1.54, 1.807) is 13.0 Å². The van der Waals surface area contributed by atoms with Gasteiger partial charge in [0.25, 0.3) is 0 Å². The zero-order valence-corrected chi connectivity index (χ0v) is 13.5. The average molecular weight is 314 g/mol. The summed E-state index contributed by atoms with van der Waals surface area (Å²) in [6, 6.07) is 9.44. The van der Waals surface area contributed by atoms with Crippen molar-refractivity contribution in [3.63, 3.8) is 0 Å². The molecule has 1 aromatic heterocycles. The van der Waals surface area contributed by atoms with E-state index in [0.717, 1.165) is 22.9 Å². The van der Waals surface area contributed by atoms with Crippen LogP contribution in [0, 0.1) is 0 Å². The SMILES string of the molecule is CCCOc1nc2ccccc2cc1/C=C/C(=O)NC(C)CO. The molecule has 1 amide bonds. The van der Waals surface area contributed by atoms with E-state index in [4.69, 9.17) is 9.84 Å². The summed E-state index contributed by atoms with van der Waals surface area (Å²) in [6.45, 7) is 4.24. The third-order valence-corrected chi connectivity index (χ3v) is 3.24. The van der Waals surface area contributed by atoms with Gasteiger partial charge in [0, 0.05) is 23.1 Å². The Morgan fingerprint density at radius 1 is 1.43 bits per heavy atom. The van der Waals surface area contributed by atoms with Crippen LogP contribution in [0.4, 0.5) is 0 Å². The molecule has 0 aliphatic rings. The van der Waals surface area contributed by atoms with Gasteiger partial charge in [0.1, 0.15) is 0 Å². The third-order valence-electron chi connectivity index (χ3n) is 3.24. The van der Waals surface area contributed by atoms with Crippen molar-refractivity contribution in [3.05, 3.63) is 42.0 Å². The number of ether oxygens (including phenoxy) is 1. The minimum Gasteiger partial charge on any atom is -0.477 e. The predicted molar refractivity (Wildman–Crippen MR) is 91.3 cm³/mol. The highest BCUT2D eigenvalue weighted by Crippen LogP contribution is 2.23. The molecule has 0 fully saturated rings. The minimum atomic E-state index is -0.280. The number of pyridine rings is 1. The average Bonchev–Trinajstić information content (AvgIpc) is 2.57. The van der Waals surface area contributed by atoms with Crippen LogP contribution in [-0.2, 0) is 4.79 Å². The second-order valence-electron chi connectivity index (χ2n) is 5.35. The second-order valence-corrected chi connectivity index (χ2v) is 5.35. The van der Waals surface area contributed by atoms with Gasteiger partial charge in [-0.1, -0.05) is 25.1 Å². The lowest BCUT2D eigenvalue weighted by Gasteiger charge is -2.10. The normalized spacial score (nSPS) is 12.5. The minimum absolute atomic E-state index is 0.0953. The maximum Gasteiger partial charge on any atom is 0.244 e. The lowest BCUT2D eigenvalue weighted by Crippen LogP contribution is -2.33. The third kappa shape index (κ3) is 4.79. The highest BCUT2D eigenvalue weighted by molar-refractivity contribution is 5.93. The Morgan fingerprint density at radius 2 is 2.22 bits per heavy atom. The first-order chi connectivity index (χ1) is 11.1. The Morgan fingerprint density at radius 3 is 2.96 bits per heavy atom. The van der Waals surface area contributed by atoms with Gasteiger partial charge in [-0.2, -0.15) is 0 Å². The van der Waals surface area contributed by atoms with Crippen molar-refractivity contribution in [2.24, 2.45) is 0 Å². The van der Waals surface area contributed by atoms with E-state index in [1.807, 2.05) is 37.3 Å². The predicted octanol–water partition coefficient (Wildman–Crippen LogP) is 2.53. The first-order valence-electron chi connectivity index (χ1n) is 7.76. The molecule has 1 unspecified atom stereocenters. The second kappa shape index (κ2) is 8.29. The molecule has 0 radical (unpaired) electrons. The summed E-state index contributed by atoms with van der Waals surface area (Å²) in [4.78, 5) is 16.3. The van der Waals surface area contributed by atoms with Gasteiger partial charge in [0.05, 0.1) is 18.7 Å². The largest absolute Gasteiger partial charge is 0.477 e. The Kier molecular flexibility index (Phi) is 6.11. The molecule has 0 bridgehead atoms. The fraction of sp³-hybridized carbons (Fsp3) is 0.333. The number of hydrogen-bond acceptors (Lipinski definition) is 4. The van der Waals surface area contributed by atoms with Crippen molar-refractivity contribution < 1.29 is 14.6 Å². The van der Waals surface area contributed by atoms with Crippen LogP contribution in [0.1, 0.15) is 25.8 Å². The summed E-state index contributed by atoms with van der Waals surface area (Å²) in [5.41, 5.74) is 1.61. The van der Waals surface area contributed by atoms with Gasteiger partial charge in [0.15, 0.2) is 0 Å². The van der Waals surface area contributed by atoms with E-state index in [9.17, 15) is 4.79 Å². The van der Waals surface area contributed by atoms with Crippen molar-refractivity contribution >= 4 is 22.9 Å². The molecule has 0 spiro atoms. The zero-order valence-electron chi connectivity index (χ0n) is 13.5. The molecule has 1 aromatic carbocycles. The standard InChI is InChI=1S/C18H22N2O3/c1-3-10-23-18-15(8-9-17(22)19-13(2)12-21)11-14-6-4-5-7-16(14)20-18/h4-9,11,13,21H,3,10,12H2,1-2H3,(H,19,22)/b9-8+. The van der Waals surface area contributed by atoms with Crippen LogP contribution in [0.2, 0.25) is 0 Å². The molecule has 2 rings (SSSR count). The molecule has 0 aliphatic heterocycles. The van der Waals surface area contributed by atoms with Gasteiger partial charge in [0.2, 0.25) is 11.8 Å². The number of amides is 1. The molecule has 1 heterocycles. The van der Waals surface area contributed by atoms with Gasteiger partial charge in [-0.05, 0) is 31.6 Å². The number of para-hydroxylation sites is 1. The molecular formula is C18H22N2O3. The fourth-order valence-electron chi connectivity index (χ4n) is 2.05. The molecule has 1 atom stereocenters. The van der Waals surface area contributed by atoms with Crippen LogP contribution in [-0.4, -0.2) is 35.3 Å². The topological polar surface area (TPSA) is 71.5 Å². The molecule has 122 valence electrons. The summed E-state index contributed by atoms with van der Waals surface area (Å²) in [5.74, 6) is 0.256. The van der Waals surface area contributed by atoms with Crippen molar-refractivity contribution in [1.82, 2.24) is 10.3 Å². The van der Waals surface area contributed by atoms with Gasteiger partial charge in [-0.25, -0.2) is 4.98 Å². The number of fused-ring (bicyclic) bond motifs is 1. The Bertz CT molecular complexity index is 698. The maximum absolute atomic E-state index is 11.8. The number of aromatic nitrogens is 1. The summed E-state index contributed by atoms with van der Waals surface area (Å²) in [5, 5.41) is 12.6. The number of hydrogen-bond donors (Lipinski definition) is 2.